The van der Waals surface area contributed by atoms with Crippen molar-refractivity contribution >= 4 is 50.3 Å². The number of thioether (sulfide) groups is 1. The molecule has 3 aromatic rings. The van der Waals surface area contributed by atoms with E-state index in [1.54, 1.807) is 4.57 Å². The summed E-state index contributed by atoms with van der Waals surface area (Å²) in [7, 11) is 0. The van der Waals surface area contributed by atoms with Gasteiger partial charge in [0.05, 0.1) is 11.3 Å². The fourth-order valence-electron chi connectivity index (χ4n) is 2.72. The third-order valence-corrected chi connectivity index (χ3v) is 5.76. The molecule has 142 valence electrons. The lowest BCUT2D eigenvalue weighted by Crippen LogP contribution is -2.26. The lowest BCUT2D eigenvalue weighted by Gasteiger charge is -2.17. The fourth-order valence-corrected chi connectivity index (χ4v) is 3.88. The average Bonchev–Trinajstić information content (AvgIpc) is 3.02. The van der Waals surface area contributed by atoms with Gasteiger partial charge in [-0.25, -0.2) is 4.98 Å². The van der Waals surface area contributed by atoms with E-state index in [1.165, 1.54) is 11.8 Å². The maximum atomic E-state index is 12.9. The van der Waals surface area contributed by atoms with Crippen molar-refractivity contribution in [2.24, 2.45) is 0 Å². The molecular weight excluding hydrogens is 428 g/mol. The van der Waals surface area contributed by atoms with E-state index in [4.69, 9.17) is 0 Å². The Hall–Kier alpha value is -2.06. The van der Waals surface area contributed by atoms with Crippen LogP contribution in [0.4, 0.5) is 5.69 Å². The van der Waals surface area contributed by atoms with Gasteiger partial charge in [-0.3, -0.25) is 14.2 Å². The Morgan fingerprint density at radius 2 is 2.07 bits per heavy atom. The molecule has 0 bridgehead atoms. The average molecular weight is 449 g/mol. The van der Waals surface area contributed by atoms with E-state index in [2.05, 4.69) is 31.2 Å². The Kier molecular flexibility index (Phi) is 6.06. The Balaban J connectivity index is 1.83. The Morgan fingerprint density at radius 3 is 2.74 bits per heavy atom. The molecule has 2 heterocycles. The minimum absolute atomic E-state index is 0.00459. The van der Waals surface area contributed by atoms with Crippen LogP contribution < -0.4 is 10.9 Å². The minimum atomic E-state index is -0.141. The number of carbonyl (C=O) groups excluding carboxylic acids is 1. The van der Waals surface area contributed by atoms with Crippen LogP contribution in [0.5, 0.6) is 0 Å². The van der Waals surface area contributed by atoms with Crippen molar-refractivity contribution < 1.29 is 4.79 Å². The number of rotatable bonds is 6. The summed E-state index contributed by atoms with van der Waals surface area (Å²) in [5.41, 5.74) is 2.66. The molecule has 0 saturated carbocycles. The summed E-state index contributed by atoms with van der Waals surface area (Å²) in [4.78, 5) is 32.9. The van der Waals surface area contributed by atoms with Crippen molar-refractivity contribution in [3.63, 3.8) is 0 Å². The van der Waals surface area contributed by atoms with Crippen molar-refractivity contribution in [2.45, 2.75) is 38.4 Å². The highest BCUT2D eigenvalue weighted by molar-refractivity contribution is 9.10. The summed E-state index contributed by atoms with van der Waals surface area (Å²) in [6, 6.07) is 9.24. The van der Waals surface area contributed by atoms with E-state index < -0.39 is 0 Å². The molecule has 1 atom stereocenters. The number of nitrogens with one attached hydrogen (secondary N) is 2. The van der Waals surface area contributed by atoms with Crippen molar-refractivity contribution in [1.29, 1.82) is 0 Å². The summed E-state index contributed by atoms with van der Waals surface area (Å²) in [5.74, 6) is 0.0334. The molecule has 1 amide bonds. The molecule has 0 unspecified atom stereocenters. The van der Waals surface area contributed by atoms with E-state index >= 15 is 0 Å². The highest BCUT2D eigenvalue weighted by atomic mass is 79.9. The summed E-state index contributed by atoms with van der Waals surface area (Å²) < 4.78 is 2.63. The van der Waals surface area contributed by atoms with E-state index in [0.717, 1.165) is 22.3 Å². The van der Waals surface area contributed by atoms with Crippen LogP contribution in [0.3, 0.4) is 0 Å². The molecule has 0 saturated heterocycles. The van der Waals surface area contributed by atoms with Gasteiger partial charge in [0, 0.05) is 21.9 Å². The first-order valence-corrected chi connectivity index (χ1v) is 10.5. The maximum Gasteiger partial charge on any atom is 0.278 e. The van der Waals surface area contributed by atoms with Gasteiger partial charge in [0.25, 0.3) is 5.56 Å². The molecule has 0 spiro atoms. The first-order valence-electron chi connectivity index (χ1n) is 8.69. The van der Waals surface area contributed by atoms with Crippen LogP contribution in [0, 0.1) is 6.92 Å². The zero-order valence-electron chi connectivity index (χ0n) is 15.4. The predicted molar refractivity (Wildman–Crippen MR) is 114 cm³/mol. The quantitative estimate of drug-likeness (QED) is 0.429. The molecule has 6 nitrogen and oxygen atoms in total. The SMILES string of the molecule is CC[C@H](C)n1c(SCC(=O)Nc2ccc(Br)cc2)nc2cc(C)[nH]c2c1=O. The molecule has 27 heavy (non-hydrogen) atoms. The largest absolute Gasteiger partial charge is 0.353 e. The molecule has 0 radical (unpaired) electrons. The highest BCUT2D eigenvalue weighted by Gasteiger charge is 2.18. The molecule has 3 rings (SSSR count). The minimum Gasteiger partial charge on any atom is -0.353 e. The van der Waals surface area contributed by atoms with Gasteiger partial charge in [0.2, 0.25) is 5.91 Å². The van der Waals surface area contributed by atoms with Crippen LogP contribution in [0.1, 0.15) is 32.0 Å². The van der Waals surface area contributed by atoms with Crippen LogP contribution in [0.2, 0.25) is 0 Å². The number of carbonyl (C=O) groups is 1. The van der Waals surface area contributed by atoms with Crippen molar-refractivity contribution in [1.82, 2.24) is 14.5 Å². The number of H-pyrrole nitrogens is 1. The predicted octanol–water partition coefficient (Wildman–Crippen LogP) is 4.50. The number of hydrogen-bond donors (Lipinski definition) is 2. The van der Waals surface area contributed by atoms with Crippen LogP contribution in [0.15, 0.2) is 44.8 Å². The molecular formula is C19H21BrN4O2S. The number of anilines is 1. The molecule has 1 aromatic carbocycles. The Labute approximate surface area is 169 Å². The summed E-state index contributed by atoms with van der Waals surface area (Å²) in [5, 5.41) is 3.42. The Morgan fingerprint density at radius 1 is 1.37 bits per heavy atom. The van der Waals surface area contributed by atoms with Crippen LogP contribution in [-0.2, 0) is 4.79 Å². The van der Waals surface area contributed by atoms with Crippen molar-refractivity contribution in [2.75, 3.05) is 11.1 Å². The number of nitrogens with zero attached hydrogens (tertiary/aromatic N) is 2. The van der Waals surface area contributed by atoms with Crippen LogP contribution in [0.25, 0.3) is 11.0 Å². The molecule has 8 heteroatoms. The molecule has 2 aromatic heterocycles. The Bertz CT molecular complexity index is 1030. The zero-order chi connectivity index (χ0) is 19.6. The van der Waals surface area contributed by atoms with Crippen LogP contribution >= 0.6 is 27.7 Å². The first kappa shape index (κ1) is 19.7. The number of aromatic amines is 1. The van der Waals surface area contributed by atoms with Gasteiger partial charge < -0.3 is 10.3 Å². The smallest absolute Gasteiger partial charge is 0.278 e. The van der Waals surface area contributed by atoms with Gasteiger partial charge in [0.15, 0.2) is 5.16 Å². The van der Waals surface area contributed by atoms with E-state index in [0.29, 0.717) is 16.2 Å². The normalized spacial score (nSPS) is 12.3. The number of halogens is 1. The monoisotopic (exact) mass is 448 g/mol. The summed E-state index contributed by atoms with van der Waals surface area (Å²) >= 11 is 4.65. The standard InChI is InChI=1S/C19H21BrN4O2S/c1-4-12(3)24-18(26)17-15(9-11(2)21-17)23-19(24)27-10-16(25)22-14-7-5-13(20)6-8-14/h5-9,12,21H,4,10H2,1-3H3,(H,22,25)/t12-/m0/s1. The fraction of sp³-hybridized carbons (Fsp3) is 0.316. The third kappa shape index (κ3) is 4.44. The van der Waals surface area contributed by atoms with Gasteiger partial charge in [-0.2, -0.15) is 0 Å². The molecule has 2 N–H and O–H groups in total. The number of amides is 1. The molecule has 0 aliphatic heterocycles. The van der Waals surface area contributed by atoms with Gasteiger partial charge in [-0.1, -0.05) is 34.6 Å². The van der Waals surface area contributed by atoms with E-state index in [9.17, 15) is 9.59 Å². The second-order valence-electron chi connectivity index (χ2n) is 6.38. The number of benzene rings is 1. The summed E-state index contributed by atoms with van der Waals surface area (Å²) in [6.45, 7) is 5.90. The van der Waals surface area contributed by atoms with E-state index in [-0.39, 0.29) is 23.3 Å². The number of fused-ring (bicyclic) bond motifs is 1. The van der Waals surface area contributed by atoms with E-state index in [1.807, 2.05) is 51.1 Å². The molecule has 0 aliphatic rings. The summed E-state index contributed by atoms with van der Waals surface area (Å²) in [6.07, 6.45) is 0.797. The zero-order valence-corrected chi connectivity index (χ0v) is 17.8. The number of aryl methyl sites for hydroxylation is 1. The van der Waals surface area contributed by atoms with Crippen LogP contribution in [-0.4, -0.2) is 26.2 Å². The molecule has 0 fully saturated rings. The first-order chi connectivity index (χ1) is 12.9. The second kappa shape index (κ2) is 8.31. The molecule has 0 aliphatic carbocycles. The third-order valence-electron chi connectivity index (χ3n) is 4.28. The van der Waals surface area contributed by atoms with Crippen molar-refractivity contribution in [3.8, 4) is 0 Å². The lowest BCUT2D eigenvalue weighted by atomic mass is 10.2. The van der Waals surface area contributed by atoms with Crippen molar-refractivity contribution in [3.05, 3.63) is 50.9 Å². The van der Waals surface area contributed by atoms with Gasteiger partial charge in [-0.15, -0.1) is 0 Å². The highest BCUT2D eigenvalue weighted by Crippen LogP contribution is 2.23. The maximum absolute atomic E-state index is 12.9. The lowest BCUT2D eigenvalue weighted by molar-refractivity contribution is -0.113. The van der Waals surface area contributed by atoms with Gasteiger partial charge >= 0.3 is 0 Å². The topological polar surface area (TPSA) is 79.8 Å². The number of hydrogen-bond acceptors (Lipinski definition) is 4. The second-order valence-corrected chi connectivity index (χ2v) is 8.24. The van der Waals surface area contributed by atoms with Gasteiger partial charge in [-0.05, 0) is 50.6 Å². The van der Waals surface area contributed by atoms with Gasteiger partial charge in [0.1, 0.15) is 5.52 Å². The number of aromatic nitrogens is 3.